The van der Waals surface area contributed by atoms with E-state index in [0.29, 0.717) is 5.82 Å². The van der Waals surface area contributed by atoms with E-state index in [9.17, 15) is 4.79 Å². The van der Waals surface area contributed by atoms with Crippen LogP contribution in [0.15, 0.2) is 55.5 Å². The van der Waals surface area contributed by atoms with Gasteiger partial charge in [-0.25, -0.2) is 4.98 Å². The van der Waals surface area contributed by atoms with Gasteiger partial charge in [-0.2, -0.15) is 0 Å². The first-order valence-corrected chi connectivity index (χ1v) is 6.00. The molecule has 96 valence electrons. The molecule has 0 saturated carbocycles. The van der Waals surface area contributed by atoms with E-state index in [-0.39, 0.29) is 11.8 Å². The minimum absolute atomic E-state index is 0.116. The van der Waals surface area contributed by atoms with Crippen LogP contribution >= 0.6 is 0 Å². The van der Waals surface area contributed by atoms with Crippen molar-refractivity contribution in [3.05, 3.63) is 55.5 Å². The van der Waals surface area contributed by atoms with Crippen LogP contribution in [0, 0.1) is 5.92 Å². The molecule has 0 aliphatic heterocycles. The fraction of sp³-hybridized carbons (Fsp3) is 0.133. The minimum atomic E-state index is -0.244. The van der Waals surface area contributed by atoms with Crippen molar-refractivity contribution in [3.8, 4) is 11.1 Å². The maximum absolute atomic E-state index is 11.8. The number of nitrogens with zero attached hydrogens (tertiary/aromatic N) is 2. The Morgan fingerprint density at radius 1 is 1.26 bits per heavy atom. The largest absolute Gasteiger partial charge is 0.310 e. The van der Waals surface area contributed by atoms with E-state index in [1.54, 1.807) is 31.6 Å². The lowest BCUT2D eigenvalue weighted by Crippen LogP contribution is -2.19. The summed E-state index contributed by atoms with van der Waals surface area (Å²) in [5.74, 6) is 0.175. The molecule has 0 aliphatic rings. The van der Waals surface area contributed by atoms with Crippen LogP contribution in [0.1, 0.15) is 6.92 Å². The van der Waals surface area contributed by atoms with Crippen LogP contribution in [-0.4, -0.2) is 15.9 Å². The van der Waals surface area contributed by atoms with Crippen molar-refractivity contribution in [1.82, 2.24) is 9.97 Å². The van der Waals surface area contributed by atoms with Crippen molar-refractivity contribution < 1.29 is 4.79 Å². The second-order valence-electron chi connectivity index (χ2n) is 4.18. The summed E-state index contributed by atoms with van der Waals surface area (Å²) in [6.07, 6.45) is 6.73. The van der Waals surface area contributed by atoms with E-state index in [1.807, 2.05) is 24.3 Å². The highest BCUT2D eigenvalue weighted by Gasteiger charge is 2.09. The number of carbonyl (C=O) groups excluding carboxylic acids is 1. The van der Waals surface area contributed by atoms with Gasteiger partial charge in [0, 0.05) is 18.6 Å². The van der Waals surface area contributed by atoms with Crippen molar-refractivity contribution in [1.29, 1.82) is 0 Å². The molecule has 0 unspecified atom stereocenters. The fourth-order valence-corrected chi connectivity index (χ4v) is 1.57. The molecule has 0 aromatic carbocycles. The number of rotatable bonds is 4. The number of aromatic nitrogens is 2. The van der Waals surface area contributed by atoms with E-state index in [2.05, 4.69) is 21.9 Å². The zero-order valence-corrected chi connectivity index (χ0v) is 10.7. The second-order valence-corrected chi connectivity index (χ2v) is 4.18. The lowest BCUT2D eigenvalue weighted by molar-refractivity contribution is -0.118. The molecule has 1 atom stereocenters. The standard InChI is InChI=1S/C15H15N3O/c1-3-11(2)15(19)18-14-10-13(6-9-17-14)12-4-7-16-8-5-12/h3-11H,1H2,2H3,(H,17,18,19)/t11-/m1/s1. The molecule has 0 saturated heterocycles. The summed E-state index contributed by atoms with van der Waals surface area (Å²) in [6, 6.07) is 7.55. The molecule has 4 heteroatoms. The SMILES string of the molecule is C=C[C@@H](C)C(=O)Nc1cc(-c2ccncc2)ccn1. The fourth-order valence-electron chi connectivity index (χ4n) is 1.57. The number of nitrogens with one attached hydrogen (secondary N) is 1. The van der Waals surface area contributed by atoms with Crippen molar-refractivity contribution >= 4 is 11.7 Å². The molecule has 0 radical (unpaired) electrons. The van der Waals surface area contributed by atoms with Crippen molar-refractivity contribution in [3.63, 3.8) is 0 Å². The zero-order chi connectivity index (χ0) is 13.7. The third-order valence-electron chi connectivity index (χ3n) is 2.79. The first kappa shape index (κ1) is 13.0. The molecule has 2 rings (SSSR count). The number of carbonyl (C=O) groups is 1. The molecule has 2 aromatic rings. The van der Waals surface area contributed by atoms with Crippen LogP contribution < -0.4 is 5.32 Å². The van der Waals surface area contributed by atoms with E-state index in [1.165, 1.54) is 0 Å². The Hall–Kier alpha value is -2.49. The topological polar surface area (TPSA) is 54.9 Å². The Bertz CT molecular complexity index is 581. The summed E-state index contributed by atoms with van der Waals surface area (Å²) in [7, 11) is 0. The predicted octanol–water partition coefficient (Wildman–Crippen LogP) is 2.90. The van der Waals surface area contributed by atoms with Crippen LogP contribution in [0.25, 0.3) is 11.1 Å². The van der Waals surface area contributed by atoms with Crippen molar-refractivity contribution in [2.75, 3.05) is 5.32 Å². The molecular formula is C15H15N3O. The molecule has 1 N–H and O–H groups in total. The highest BCUT2D eigenvalue weighted by molar-refractivity contribution is 5.93. The molecule has 2 aromatic heterocycles. The van der Waals surface area contributed by atoms with Gasteiger partial charge in [0.1, 0.15) is 5.82 Å². The van der Waals surface area contributed by atoms with Crippen LogP contribution in [-0.2, 0) is 4.79 Å². The van der Waals surface area contributed by atoms with Crippen LogP contribution in [0.4, 0.5) is 5.82 Å². The summed E-state index contributed by atoms with van der Waals surface area (Å²) in [5.41, 5.74) is 2.02. The Morgan fingerprint density at radius 3 is 2.63 bits per heavy atom. The second kappa shape index (κ2) is 5.91. The third-order valence-corrected chi connectivity index (χ3v) is 2.79. The van der Waals surface area contributed by atoms with Crippen LogP contribution in [0.2, 0.25) is 0 Å². The Kier molecular flexibility index (Phi) is 4.03. The molecule has 1 amide bonds. The van der Waals surface area contributed by atoms with E-state index < -0.39 is 0 Å². The first-order chi connectivity index (χ1) is 9.20. The number of pyridine rings is 2. The van der Waals surface area contributed by atoms with E-state index in [0.717, 1.165) is 11.1 Å². The quantitative estimate of drug-likeness (QED) is 0.852. The van der Waals surface area contributed by atoms with Crippen molar-refractivity contribution in [2.45, 2.75) is 6.92 Å². The van der Waals surface area contributed by atoms with E-state index >= 15 is 0 Å². The molecule has 0 fully saturated rings. The average Bonchev–Trinajstić information content (AvgIpc) is 2.47. The van der Waals surface area contributed by atoms with Gasteiger partial charge in [0.25, 0.3) is 0 Å². The normalized spacial score (nSPS) is 11.6. The van der Waals surface area contributed by atoms with Gasteiger partial charge in [-0.05, 0) is 35.4 Å². The van der Waals surface area contributed by atoms with Crippen molar-refractivity contribution in [2.24, 2.45) is 5.92 Å². The molecule has 19 heavy (non-hydrogen) atoms. The van der Waals surface area contributed by atoms with Gasteiger partial charge in [-0.3, -0.25) is 9.78 Å². The number of amides is 1. The number of hydrogen-bond acceptors (Lipinski definition) is 3. The average molecular weight is 253 g/mol. The molecule has 0 spiro atoms. The predicted molar refractivity (Wildman–Crippen MR) is 75.5 cm³/mol. The van der Waals surface area contributed by atoms with Gasteiger partial charge < -0.3 is 5.32 Å². The first-order valence-electron chi connectivity index (χ1n) is 6.00. The van der Waals surface area contributed by atoms with E-state index in [4.69, 9.17) is 0 Å². The Labute approximate surface area is 112 Å². The van der Waals surface area contributed by atoms with Crippen LogP contribution in [0.5, 0.6) is 0 Å². The molecule has 0 aliphatic carbocycles. The van der Waals surface area contributed by atoms with Crippen LogP contribution in [0.3, 0.4) is 0 Å². The molecule has 2 heterocycles. The van der Waals surface area contributed by atoms with Gasteiger partial charge in [0.15, 0.2) is 0 Å². The third kappa shape index (κ3) is 3.25. The zero-order valence-electron chi connectivity index (χ0n) is 10.7. The summed E-state index contributed by atoms with van der Waals surface area (Å²) >= 11 is 0. The number of hydrogen-bond donors (Lipinski definition) is 1. The summed E-state index contributed by atoms with van der Waals surface area (Å²) in [4.78, 5) is 19.9. The highest BCUT2D eigenvalue weighted by atomic mass is 16.1. The summed E-state index contributed by atoms with van der Waals surface area (Å²) in [5, 5.41) is 2.77. The molecule has 4 nitrogen and oxygen atoms in total. The monoisotopic (exact) mass is 253 g/mol. The summed E-state index contributed by atoms with van der Waals surface area (Å²) < 4.78 is 0. The highest BCUT2D eigenvalue weighted by Crippen LogP contribution is 2.20. The number of anilines is 1. The van der Waals surface area contributed by atoms with Gasteiger partial charge in [-0.1, -0.05) is 13.0 Å². The Morgan fingerprint density at radius 2 is 1.95 bits per heavy atom. The molecular weight excluding hydrogens is 238 g/mol. The van der Waals surface area contributed by atoms with Gasteiger partial charge in [0.05, 0.1) is 5.92 Å². The maximum Gasteiger partial charge on any atom is 0.232 e. The minimum Gasteiger partial charge on any atom is -0.310 e. The lowest BCUT2D eigenvalue weighted by Gasteiger charge is -2.08. The Balaban J connectivity index is 2.21. The van der Waals surface area contributed by atoms with Gasteiger partial charge in [0.2, 0.25) is 5.91 Å². The summed E-state index contributed by atoms with van der Waals surface area (Å²) in [6.45, 7) is 5.39. The smallest absolute Gasteiger partial charge is 0.232 e. The molecule has 0 bridgehead atoms. The maximum atomic E-state index is 11.8. The van der Waals surface area contributed by atoms with Gasteiger partial charge >= 0.3 is 0 Å². The lowest BCUT2D eigenvalue weighted by atomic mass is 10.1. The van der Waals surface area contributed by atoms with Gasteiger partial charge in [-0.15, -0.1) is 6.58 Å².